The standard InChI is InChI=1S/C15H18N4O2/c1-2-19-15(20)16-14(18-8-10-21-11-9-18)13(17-19)12-6-4-3-5-7-12/h3-7H,2,8-11H2,1H3. The van der Waals surface area contributed by atoms with E-state index in [0.717, 1.165) is 24.3 Å². The molecule has 0 radical (unpaired) electrons. The Morgan fingerprint density at radius 3 is 2.57 bits per heavy atom. The lowest BCUT2D eigenvalue weighted by Gasteiger charge is -2.29. The van der Waals surface area contributed by atoms with E-state index in [1.54, 1.807) is 0 Å². The van der Waals surface area contributed by atoms with Gasteiger partial charge in [-0.1, -0.05) is 30.3 Å². The van der Waals surface area contributed by atoms with Gasteiger partial charge in [-0.05, 0) is 6.92 Å². The Labute approximate surface area is 123 Å². The number of hydrogen-bond acceptors (Lipinski definition) is 5. The molecule has 0 spiro atoms. The smallest absolute Gasteiger partial charge is 0.365 e. The maximum absolute atomic E-state index is 12.0. The van der Waals surface area contributed by atoms with Crippen molar-refractivity contribution in [3.8, 4) is 11.3 Å². The molecule has 0 amide bonds. The molecule has 2 heterocycles. The van der Waals surface area contributed by atoms with Gasteiger partial charge in [0, 0.05) is 25.2 Å². The predicted octanol–water partition coefficient (Wildman–Crippen LogP) is 1.16. The first-order valence-electron chi connectivity index (χ1n) is 7.17. The van der Waals surface area contributed by atoms with Crippen LogP contribution in [0.1, 0.15) is 6.92 Å². The average molecular weight is 286 g/mol. The molecule has 1 aromatic carbocycles. The zero-order valence-electron chi connectivity index (χ0n) is 12.0. The fourth-order valence-electron chi connectivity index (χ4n) is 2.39. The molecule has 0 saturated carbocycles. The highest BCUT2D eigenvalue weighted by Gasteiger charge is 2.20. The number of morpholine rings is 1. The fraction of sp³-hybridized carbons (Fsp3) is 0.400. The van der Waals surface area contributed by atoms with E-state index in [1.807, 2.05) is 37.3 Å². The maximum atomic E-state index is 12.0. The van der Waals surface area contributed by atoms with Crippen LogP contribution in [0.2, 0.25) is 0 Å². The third-order valence-electron chi connectivity index (χ3n) is 3.51. The Kier molecular flexibility index (Phi) is 3.96. The molecule has 1 saturated heterocycles. The maximum Gasteiger partial charge on any atom is 0.365 e. The van der Waals surface area contributed by atoms with Crippen molar-refractivity contribution in [2.45, 2.75) is 13.5 Å². The molecule has 6 heteroatoms. The van der Waals surface area contributed by atoms with Gasteiger partial charge in [0.05, 0.1) is 13.2 Å². The Morgan fingerprint density at radius 1 is 1.19 bits per heavy atom. The Bertz CT molecular complexity index is 663. The fourth-order valence-corrected chi connectivity index (χ4v) is 2.39. The molecular formula is C15H18N4O2. The van der Waals surface area contributed by atoms with Gasteiger partial charge in [0.1, 0.15) is 5.69 Å². The normalized spacial score (nSPS) is 15.2. The highest BCUT2D eigenvalue weighted by Crippen LogP contribution is 2.25. The number of hydrogen-bond donors (Lipinski definition) is 0. The Morgan fingerprint density at radius 2 is 1.90 bits per heavy atom. The molecule has 0 unspecified atom stereocenters. The lowest BCUT2D eigenvalue weighted by Crippen LogP contribution is -2.39. The number of aromatic nitrogens is 3. The number of benzene rings is 1. The number of ether oxygens (including phenoxy) is 1. The minimum Gasteiger partial charge on any atom is -0.378 e. The predicted molar refractivity (Wildman–Crippen MR) is 80.4 cm³/mol. The molecule has 2 aromatic rings. The summed E-state index contributed by atoms with van der Waals surface area (Å²) in [5, 5.41) is 4.50. The molecule has 0 N–H and O–H groups in total. The van der Waals surface area contributed by atoms with E-state index in [0.29, 0.717) is 25.6 Å². The molecule has 1 aliphatic heterocycles. The van der Waals surface area contributed by atoms with Crippen LogP contribution in [0, 0.1) is 0 Å². The van der Waals surface area contributed by atoms with E-state index in [1.165, 1.54) is 4.68 Å². The van der Waals surface area contributed by atoms with E-state index in [2.05, 4.69) is 15.0 Å². The monoisotopic (exact) mass is 286 g/mol. The third kappa shape index (κ3) is 2.80. The zero-order valence-corrected chi connectivity index (χ0v) is 12.0. The molecular weight excluding hydrogens is 268 g/mol. The quantitative estimate of drug-likeness (QED) is 0.847. The van der Waals surface area contributed by atoms with Crippen molar-refractivity contribution in [3.63, 3.8) is 0 Å². The third-order valence-corrected chi connectivity index (χ3v) is 3.51. The van der Waals surface area contributed by atoms with E-state index < -0.39 is 0 Å². The molecule has 1 aromatic heterocycles. The minimum atomic E-state index is -0.307. The van der Waals surface area contributed by atoms with Crippen molar-refractivity contribution in [3.05, 3.63) is 40.8 Å². The summed E-state index contributed by atoms with van der Waals surface area (Å²) in [6.07, 6.45) is 0. The molecule has 0 bridgehead atoms. The van der Waals surface area contributed by atoms with Crippen LogP contribution >= 0.6 is 0 Å². The van der Waals surface area contributed by atoms with Crippen LogP contribution < -0.4 is 10.6 Å². The first-order chi connectivity index (χ1) is 10.3. The number of rotatable bonds is 3. The van der Waals surface area contributed by atoms with Crippen LogP contribution in [0.15, 0.2) is 35.1 Å². The number of anilines is 1. The van der Waals surface area contributed by atoms with Crippen molar-refractivity contribution in [2.75, 3.05) is 31.2 Å². The van der Waals surface area contributed by atoms with Gasteiger partial charge in [0.15, 0.2) is 5.82 Å². The molecule has 110 valence electrons. The Balaban J connectivity index is 2.12. The van der Waals surface area contributed by atoms with Gasteiger partial charge in [-0.3, -0.25) is 0 Å². The van der Waals surface area contributed by atoms with Gasteiger partial charge in [0.2, 0.25) is 0 Å². The van der Waals surface area contributed by atoms with Crippen molar-refractivity contribution >= 4 is 5.82 Å². The van der Waals surface area contributed by atoms with Crippen LogP contribution in [0.4, 0.5) is 5.82 Å². The first kappa shape index (κ1) is 13.8. The average Bonchev–Trinajstić information content (AvgIpc) is 2.56. The van der Waals surface area contributed by atoms with E-state index >= 15 is 0 Å². The molecule has 3 rings (SSSR count). The molecule has 6 nitrogen and oxygen atoms in total. The van der Waals surface area contributed by atoms with Crippen molar-refractivity contribution in [1.82, 2.24) is 14.8 Å². The largest absolute Gasteiger partial charge is 0.378 e. The summed E-state index contributed by atoms with van der Waals surface area (Å²) in [4.78, 5) is 18.4. The van der Waals surface area contributed by atoms with E-state index in [-0.39, 0.29) is 5.69 Å². The second-order valence-corrected chi connectivity index (χ2v) is 4.85. The highest BCUT2D eigenvalue weighted by molar-refractivity contribution is 5.71. The Hall–Kier alpha value is -2.21. The minimum absolute atomic E-state index is 0.307. The SMILES string of the molecule is CCn1nc(-c2ccccc2)c(N2CCOCC2)nc1=O. The van der Waals surface area contributed by atoms with Crippen molar-refractivity contribution < 1.29 is 4.74 Å². The van der Waals surface area contributed by atoms with Crippen LogP contribution in [0.25, 0.3) is 11.3 Å². The second kappa shape index (κ2) is 6.05. The summed E-state index contributed by atoms with van der Waals surface area (Å²) in [5.74, 6) is 0.652. The van der Waals surface area contributed by atoms with Gasteiger partial charge >= 0.3 is 5.69 Å². The van der Waals surface area contributed by atoms with E-state index in [9.17, 15) is 4.79 Å². The summed E-state index contributed by atoms with van der Waals surface area (Å²) in [7, 11) is 0. The summed E-state index contributed by atoms with van der Waals surface area (Å²) in [6, 6.07) is 9.85. The molecule has 0 atom stereocenters. The topological polar surface area (TPSA) is 60.3 Å². The highest BCUT2D eigenvalue weighted by atomic mass is 16.5. The van der Waals surface area contributed by atoms with Crippen LogP contribution in [-0.2, 0) is 11.3 Å². The summed E-state index contributed by atoms with van der Waals surface area (Å²) in [6.45, 7) is 5.14. The van der Waals surface area contributed by atoms with Gasteiger partial charge in [-0.15, -0.1) is 0 Å². The molecule has 0 aliphatic carbocycles. The molecule has 1 aliphatic rings. The van der Waals surface area contributed by atoms with Gasteiger partial charge in [-0.25, -0.2) is 9.48 Å². The van der Waals surface area contributed by atoms with Gasteiger partial charge in [-0.2, -0.15) is 10.1 Å². The summed E-state index contributed by atoms with van der Waals surface area (Å²) < 4.78 is 6.76. The first-order valence-corrected chi connectivity index (χ1v) is 7.17. The van der Waals surface area contributed by atoms with Crippen LogP contribution in [0.5, 0.6) is 0 Å². The number of aryl methyl sites for hydroxylation is 1. The van der Waals surface area contributed by atoms with Crippen molar-refractivity contribution in [2.24, 2.45) is 0 Å². The summed E-state index contributed by atoms with van der Waals surface area (Å²) >= 11 is 0. The van der Waals surface area contributed by atoms with Gasteiger partial charge < -0.3 is 9.64 Å². The second-order valence-electron chi connectivity index (χ2n) is 4.85. The lowest BCUT2D eigenvalue weighted by molar-refractivity contribution is 0.122. The zero-order chi connectivity index (χ0) is 14.7. The number of nitrogens with zero attached hydrogens (tertiary/aromatic N) is 4. The van der Waals surface area contributed by atoms with Gasteiger partial charge in [0.25, 0.3) is 0 Å². The lowest BCUT2D eigenvalue weighted by atomic mass is 10.1. The molecule has 1 fully saturated rings. The van der Waals surface area contributed by atoms with Crippen LogP contribution in [0.3, 0.4) is 0 Å². The van der Waals surface area contributed by atoms with Crippen molar-refractivity contribution in [1.29, 1.82) is 0 Å². The van der Waals surface area contributed by atoms with Crippen LogP contribution in [-0.4, -0.2) is 41.1 Å². The van der Waals surface area contributed by atoms with E-state index in [4.69, 9.17) is 4.74 Å². The molecule has 21 heavy (non-hydrogen) atoms. The summed E-state index contributed by atoms with van der Waals surface area (Å²) in [5.41, 5.74) is 1.41.